The summed E-state index contributed by atoms with van der Waals surface area (Å²) in [6.07, 6.45) is 10.6. The lowest BCUT2D eigenvalue weighted by Crippen LogP contribution is -1.92. The highest BCUT2D eigenvalue weighted by atomic mass is 16.5. The predicted octanol–water partition coefficient (Wildman–Crippen LogP) is 8.06. The molecule has 0 N–H and O–H groups in total. The lowest BCUT2D eigenvalue weighted by Gasteiger charge is -2.00. The van der Waals surface area contributed by atoms with Gasteiger partial charge in [-0.15, -0.1) is 0 Å². The highest BCUT2D eigenvalue weighted by molar-refractivity contribution is 5.43. The number of unbranched alkanes of at least 4 members (excludes halogenated alkanes) is 2. The standard InChI is InChI=1S/C19H21NO.C18H19NO/c1-3-5-6-16-7-9-17(10-8-16)11-12-18-13-14-19(15-20-18)21-4-2;1-3-4-5-15-6-8-16(9-7-15)10-11-17-12-13-18(20-2)14-19-17/h7-10,13-15H,3-6H2,1-2H3;6-9,12-14H,3-5H2,1-2H3. The fraction of sp³-hybridized carbons (Fsp3) is 0.297. The van der Waals surface area contributed by atoms with E-state index in [2.05, 4.69) is 96.0 Å². The van der Waals surface area contributed by atoms with Gasteiger partial charge in [-0.1, -0.05) is 62.8 Å². The maximum Gasteiger partial charge on any atom is 0.137 e. The van der Waals surface area contributed by atoms with Crippen LogP contribution >= 0.6 is 0 Å². The van der Waals surface area contributed by atoms with Crippen LogP contribution < -0.4 is 9.47 Å². The molecule has 2 heterocycles. The van der Waals surface area contributed by atoms with Gasteiger partial charge in [-0.2, -0.15) is 0 Å². The first-order valence-electron chi connectivity index (χ1n) is 14.4. The molecule has 0 spiro atoms. The van der Waals surface area contributed by atoms with Gasteiger partial charge in [0, 0.05) is 11.1 Å². The van der Waals surface area contributed by atoms with Crippen molar-refractivity contribution in [3.8, 4) is 35.2 Å². The number of pyridine rings is 2. The minimum absolute atomic E-state index is 0.650. The lowest BCUT2D eigenvalue weighted by molar-refractivity contribution is 0.339. The molecule has 4 nitrogen and oxygen atoms in total. The van der Waals surface area contributed by atoms with E-state index in [4.69, 9.17) is 9.47 Å². The van der Waals surface area contributed by atoms with E-state index in [0.717, 1.165) is 46.9 Å². The number of aromatic nitrogens is 2. The van der Waals surface area contributed by atoms with Crippen LogP contribution in [0.2, 0.25) is 0 Å². The molecule has 2 aromatic carbocycles. The molecule has 0 saturated carbocycles. The first-order valence-corrected chi connectivity index (χ1v) is 14.4. The summed E-state index contributed by atoms with van der Waals surface area (Å²) in [6, 6.07) is 24.4. The smallest absolute Gasteiger partial charge is 0.137 e. The fourth-order valence-electron chi connectivity index (χ4n) is 3.82. The summed E-state index contributed by atoms with van der Waals surface area (Å²) in [5.41, 5.74) is 6.30. The van der Waals surface area contributed by atoms with Crippen LogP contribution in [-0.2, 0) is 12.8 Å². The van der Waals surface area contributed by atoms with Crippen LogP contribution in [0, 0.1) is 23.7 Å². The number of methoxy groups -OCH3 is 1. The topological polar surface area (TPSA) is 44.2 Å². The van der Waals surface area contributed by atoms with Gasteiger partial charge in [0.05, 0.1) is 26.1 Å². The summed E-state index contributed by atoms with van der Waals surface area (Å²) in [5.74, 6) is 13.9. The van der Waals surface area contributed by atoms with Gasteiger partial charge in [-0.25, -0.2) is 9.97 Å². The van der Waals surface area contributed by atoms with Crippen molar-refractivity contribution in [2.75, 3.05) is 13.7 Å². The van der Waals surface area contributed by atoms with Crippen LogP contribution in [-0.4, -0.2) is 23.7 Å². The summed E-state index contributed by atoms with van der Waals surface area (Å²) < 4.78 is 10.4. The van der Waals surface area contributed by atoms with Crippen molar-refractivity contribution in [1.82, 2.24) is 9.97 Å². The highest BCUT2D eigenvalue weighted by Gasteiger charge is 1.96. The number of aryl methyl sites for hydroxylation is 2. The summed E-state index contributed by atoms with van der Waals surface area (Å²) >= 11 is 0. The Morgan fingerprint density at radius 2 is 1.02 bits per heavy atom. The molecular weight excluding hydrogens is 504 g/mol. The monoisotopic (exact) mass is 544 g/mol. The summed E-state index contributed by atoms with van der Waals surface area (Å²) in [7, 11) is 1.63. The lowest BCUT2D eigenvalue weighted by atomic mass is 10.1. The van der Waals surface area contributed by atoms with Crippen molar-refractivity contribution in [3.63, 3.8) is 0 Å². The van der Waals surface area contributed by atoms with Gasteiger partial charge in [-0.3, -0.25) is 0 Å². The van der Waals surface area contributed by atoms with E-state index in [1.54, 1.807) is 19.5 Å². The van der Waals surface area contributed by atoms with Gasteiger partial charge < -0.3 is 9.47 Å². The van der Waals surface area contributed by atoms with Crippen molar-refractivity contribution >= 4 is 0 Å². The van der Waals surface area contributed by atoms with Crippen LogP contribution in [0.1, 0.15) is 80.1 Å². The van der Waals surface area contributed by atoms with Crippen LogP contribution in [0.3, 0.4) is 0 Å². The Bertz CT molecular complexity index is 1420. The molecule has 0 unspecified atom stereocenters. The Balaban J connectivity index is 0.000000226. The Hall–Kier alpha value is -4.54. The molecule has 41 heavy (non-hydrogen) atoms. The van der Waals surface area contributed by atoms with Crippen molar-refractivity contribution in [2.24, 2.45) is 0 Å². The molecule has 0 aliphatic rings. The number of hydrogen-bond donors (Lipinski definition) is 0. The van der Waals surface area contributed by atoms with Gasteiger partial charge in [0.2, 0.25) is 0 Å². The Morgan fingerprint density at radius 1 is 0.561 bits per heavy atom. The molecule has 4 aromatic rings. The fourth-order valence-corrected chi connectivity index (χ4v) is 3.82. The van der Waals surface area contributed by atoms with E-state index in [-0.39, 0.29) is 0 Å². The molecule has 4 heteroatoms. The van der Waals surface area contributed by atoms with E-state index in [1.807, 2.05) is 31.2 Å². The SMILES string of the molecule is CCCCc1ccc(C#Cc2ccc(OC)cn2)cc1.CCCCc1ccc(C#Cc2ccc(OCC)cn2)cc1. The number of nitrogens with zero attached hydrogens (tertiary/aromatic N) is 2. The van der Waals surface area contributed by atoms with Crippen LogP contribution in [0.5, 0.6) is 11.5 Å². The van der Waals surface area contributed by atoms with Crippen molar-refractivity contribution in [1.29, 1.82) is 0 Å². The maximum atomic E-state index is 5.36. The zero-order valence-electron chi connectivity index (χ0n) is 24.7. The van der Waals surface area contributed by atoms with Gasteiger partial charge in [0.15, 0.2) is 0 Å². The number of ether oxygens (including phenoxy) is 2. The zero-order valence-corrected chi connectivity index (χ0v) is 24.7. The number of benzene rings is 2. The minimum Gasteiger partial charge on any atom is -0.495 e. The first kappa shape index (κ1) is 31.0. The van der Waals surface area contributed by atoms with Crippen LogP contribution in [0.15, 0.2) is 85.2 Å². The molecule has 0 saturated heterocycles. The molecule has 0 aliphatic heterocycles. The van der Waals surface area contributed by atoms with E-state index in [1.165, 1.54) is 36.8 Å². The van der Waals surface area contributed by atoms with Crippen molar-refractivity contribution in [2.45, 2.75) is 59.3 Å². The second-order valence-corrected chi connectivity index (χ2v) is 9.50. The van der Waals surface area contributed by atoms with Crippen molar-refractivity contribution in [3.05, 3.63) is 119 Å². The number of rotatable bonds is 9. The Kier molecular flexibility index (Phi) is 13.6. The van der Waals surface area contributed by atoms with Gasteiger partial charge in [-0.05, 0) is 104 Å². The normalized spacial score (nSPS) is 9.76. The van der Waals surface area contributed by atoms with Gasteiger partial charge in [0.25, 0.3) is 0 Å². The zero-order chi connectivity index (χ0) is 29.1. The number of hydrogen-bond acceptors (Lipinski definition) is 4. The summed E-state index contributed by atoms with van der Waals surface area (Å²) in [4.78, 5) is 8.50. The molecule has 2 aromatic heterocycles. The van der Waals surface area contributed by atoms with Gasteiger partial charge >= 0.3 is 0 Å². The predicted molar refractivity (Wildman–Crippen MR) is 168 cm³/mol. The molecule has 0 fully saturated rings. The first-order chi connectivity index (χ1) is 20.1. The maximum absolute atomic E-state index is 5.36. The summed E-state index contributed by atoms with van der Waals surface area (Å²) in [5, 5.41) is 0. The molecule has 0 aliphatic carbocycles. The minimum atomic E-state index is 0.650. The summed E-state index contributed by atoms with van der Waals surface area (Å²) in [6.45, 7) is 7.03. The average Bonchev–Trinajstić information content (AvgIpc) is 3.03. The van der Waals surface area contributed by atoms with Crippen LogP contribution in [0.25, 0.3) is 0 Å². The van der Waals surface area contributed by atoms with E-state index in [0.29, 0.717) is 6.61 Å². The molecule has 0 atom stereocenters. The van der Waals surface area contributed by atoms with E-state index < -0.39 is 0 Å². The Labute approximate surface area is 246 Å². The molecule has 0 radical (unpaired) electrons. The molecular formula is C37H40N2O2. The average molecular weight is 545 g/mol. The van der Waals surface area contributed by atoms with Crippen LogP contribution in [0.4, 0.5) is 0 Å². The molecule has 210 valence electrons. The largest absolute Gasteiger partial charge is 0.495 e. The Morgan fingerprint density at radius 3 is 1.39 bits per heavy atom. The molecule has 0 bridgehead atoms. The van der Waals surface area contributed by atoms with Crippen molar-refractivity contribution < 1.29 is 9.47 Å². The second-order valence-electron chi connectivity index (χ2n) is 9.50. The van der Waals surface area contributed by atoms with E-state index >= 15 is 0 Å². The molecule has 0 amide bonds. The third-order valence-corrected chi connectivity index (χ3v) is 6.24. The quantitative estimate of drug-likeness (QED) is 0.200. The van der Waals surface area contributed by atoms with Gasteiger partial charge in [0.1, 0.15) is 22.9 Å². The third kappa shape index (κ3) is 11.6. The molecule has 4 rings (SSSR count). The highest BCUT2D eigenvalue weighted by Crippen LogP contribution is 2.11. The van der Waals surface area contributed by atoms with E-state index in [9.17, 15) is 0 Å². The third-order valence-electron chi connectivity index (χ3n) is 6.24. The second kappa shape index (κ2) is 17.9.